The number of carbonyl (C=O) groups excluding carboxylic acids is 2. The minimum Gasteiger partial charge on any atom is -0.352 e. The lowest BCUT2D eigenvalue weighted by Crippen LogP contribution is -2.54. The van der Waals surface area contributed by atoms with Gasteiger partial charge >= 0.3 is 0 Å². The van der Waals surface area contributed by atoms with Crippen molar-refractivity contribution < 1.29 is 18.0 Å². The minimum atomic E-state index is -4.14. The number of nitrogens with zero attached hydrogens (tertiary/aromatic N) is 2. The Morgan fingerprint density at radius 3 is 2.07 bits per heavy atom. The van der Waals surface area contributed by atoms with Gasteiger partial charge in [-0.2, -0.15) is 0 Å². The number of benzene rings is 4. The summed E-state index contributed by atoms with van der Waals surface area (Å²) in [6, 6.07) is 29.9. The summed E-state index contributed by atoms with van der Waals surface area (Å²) in [4.78, 5) is 30.2. The van der Waals surface area contributed by atoms with Crippen molar-refractivity contribution in [3.05, 3.63) is 131 Å². The van der Waals surface area contributed by atoms with Crippen molar-refractivity contribution in [3.8, 4) is 0 Å². The van der Waals surface area contributed by atoms with Gasteiger partial charge in [-0.15, -0.1) is 0 Å². The predicted molar refractivity (Wildman–Crippen MR) is 180 cm³/mol. The number of aryl methyl sites for hydroxylation is 2. The topological polar surface area (TPSA) is 86.8 Å². The fourth-order valence-corrected chi connectivity index (χ4v) is 6.73. The molecule has 0 radical (unpaired) electrons. The molecule has 8 heteroatoms. The Morgan fingerprint density at radius 2 is 1.42 bits per heavy atom. The van der Waals surface area contributed by atoms with Gasteiger partial charge in [0.05, 0.1) is 10.6 Å². The van der Waals surface area contributed by atoms with Gasteiger partial charge < -0.3 is 10.2 Å². The van der Waals surface area contributed by atoms with Crippen LogP contribution in [0.4, 0.5) is 5.69 Å². The molecule has 2 atom stereocenters. The summed E-state index contributed by atoms with van der Waals surface area (Å²) in [6.45, 7) is 9.31. The molecule has 7 nitrogen and oxygen atoms in total. The summed E-state index contributed by atoms with van der Waals surface area (Å²) in [7, 11) is -4.14. The first-order valence-corrected chi connectivity index (χ1v) is 16.8. The molecule has 4 rings (SSSR count). The Balaban J connectivity index is 1.83. The van der Waals surface area contributed by atoms with Crippen molar-refractivity contribution >= 4 is 27.5 Å². The number of hydrogen-bond donors (Lipinski definition) is 1. The van der Waals surface area contributed by atoms with Crippen molar-refractivity contribution in [2.75, 3.05) is 10.8 Å². The molecule has 4 aromatic carbocycles. The van der Waals surface area contributed by atoms with Gasteiger partial charge in [-0.3, -0.25) is 13.9 Å². The Hall–Kier alpha value is -4.43. The van der Waals surface area contributed by atoms with E-state index in [-0.39, 0.29) is 29.8 Å². The molecule has 0 heterocycles. The maximum Gasteiger partial charge on any atom is 0.264 e. The van der Waals surface area contributed by atoms with E-state index < -0.39 is 28.5 Å². The molecule has 45 heavy (non-hydrogen) atoms. The summed E-state index contributed by atoms with van der Waals surface area (Å²) >= 11 is 0. The van der Waals surface area contributed by atoms with Crippen LogP contribution in [0.5, 0.6) is 0 Å². The number of sulfonamides is 1. The predicted octanol–water partition coefficient (Wildman–Crippen LogP) is 6.36. The Labute approximate surface area is 268 Å². The first-order valence-electron chi connectivity index (χ1n) is 15.3. The number of nitrogens with one attached hydrogen (secondary N) is 1. The van der Waals surface area contributed by atoms with Gasteiger partial charge in [-0.05, 0) is 74.6 Å². The molecule has 4 aromatic rings. The van der Waals surface area contributed by atoms with Crippen molar-refractivity contribution in [1.29, 1.82) is 0 Å². The molecule has 2 amide bonds. The van der Waals surface area contributed by atoms with Crippen LogP contribution >= 0.6 is 0 Å². The maximum atomic E-state index is 14.6. The highest BCUT2D eigenvalue weighted by molar-refractivity contribution is 7.92. The average Bonchev–Trinajstić information content (AvgIpc) is 3.03. The second-order valence-corrected chi connectivity index (χ2v) is 13.4. The number of amides is 2. The van der Waals surface area contributed by atoms with Crippen LogP contribution in [0.2, 0.25) is 0 Å². The first-order chi connectivity index (χ1) is 21.5. The third-order valence-corrected chi connectivity index (χ3v) is 9.94. The zero-order valence-electron chi connectivity index (χ0n) is 26.7. The Bertz CT molecular complexity index is 1710. The van der Waals surface area contributed by atoms with Crippen LogP contribution < -0.4 is 9.62 Å². The van der Waals surface area contributed by atoms with Gasteiger partial charge in [0.15, 0.2) is 0 Å². The van der Waals surface area contributed by atoms with Gasteiger partial charge in [0.25, 0.3) is 10.0 Å². The van der Waals surface area contributed by atoms with E-state index >= 15 is 0 Å². The zero-order chi connectivity index (χ0) is 32.6. The smallest absolute Gasteiger partial charge is 0.264 e. The highest BCUT2D eigenvalue weighted by Crippen LogP contribution is 2.29. The summed E-state index contributed by atoms with van der Waals surface area (Å²) in [5.41, 5.74) is 4.85. The maximum absolute atomic E-state index is 14.6. The molecule has 0 fully saturated rings. The van der Waals surface area contributed by atoms with E-state index in [0.29, 0.717) is 5.69 Å². The lowest BCUT2D eigenvalue weighted by molar-refractivity contribution is -0.140. The van der Waals surface area contributed by atoms with Gasteiger partial charge in [0.1, 0.15) is 12.6 Å². The van der Waals surface area contributed by atoms with Gasteiger partial charge in [-0.1, -0.05) is 97.4 Å². The third-order valence-electron chi connectivity index (χ3n) is 8.16. The van der Waals surface area contributed by atoms with Gasteiger partial charge in [0.2, 0.25) is 11.8 Å². The highest BCUT2D eigenvalue weighted by atomic mass is 32.2. The molecule has 0 spiro atoms. The molecule has 0 aliphatic carbocycles. The van der Waals surface area contributed by atoms with Crippen LogP contribution in [0.25, 0.3) is 0 Å². The van der Waals surface area contributed by atoms with E-state index in [1.165, 1.54) is 21.3 Å². The highest BCUT2D eigenvalue weighted by Gasteiger charge is 2.35. The van der Waals surface area contributed by atoms with E-state index in [2.05, 4.69) is 5.32 Å². The number of carbonyl (C=O) groups is 2. The molecule has 1 N–H and O–H groups in total. The first kappa shape index (κ1) is 33.5. The van der Waals surface area contributed by atoms with Crippen molar-refractivity contribution in [3.63, 3.8) is 0 Å². The van der Waals surface area contributed by atoms with E-state index in [4.69, 9.17) is 0 Å². The lowest BCUT2D eigenvalue weighted by Gasteiger charge is -2.34. The molecular formula is C37H43N3O4S. The summed E-state index contributed by atoms with van der Waals surface area (Å²) < 4.78 is 29.6. The molecule has 0 aromatic heterocycles. The average molecular weight is 626 g/mol. The second-order valence-electron chi connectivity index (χ2n) is 11.6. The molecular weight excluding hydrogens is 582 g/mol. The van der Waals surface area contributed by atoms with Crippen LogP contribution in [0.1, 0.15) is 48.1 Å². The van der Waals surface area contributed by atoms with Gasteiger partial charge in [0, 0.05) is 19.0 Å². The number of anilines is 1. The molecule has 0 aliphatic heterocycles. The number of hydrogen-bond acceptors (Lipinski definition) is 4. The van der Waals surface area contributed by atoms with Crippen LogP contribution in [-0.4, -0.2) is 43.8 Å². The molecule has 0 saturated heterocycles. The number of rotatable bonds is 13. The fraction of sp³-hybridized carbons (Fsp3) is 0.297. The monoisotopic (exact) mass is 625 g/mol. The lowest BCUT2D eigenvalue weighted by atomic mass is 10.0. The van der Waals surface area contributed by atoms with Crippen LogP contribution in [0, 0.1) is 20.8 Å². The summed E-state index contributed by atoms with van der Waals surface area (Å²) in [6.07, 6.45) is 1.00. The molecule has 0 unspecified atom stereocenters. The largest absolute Gasteiger partial charge is 0.352 e. The van der Waals surface area contributed by atoms with E-state index in [1.807, 2.05) is 95.3 Å². The molecule has 236 valence electrons. The van der Waals surface area contributed by atoms with E-state index in [0.717, 1.165) is 34.2 Å². The van der Waals surface area contributed by atoms with Crippen molar-refractivity contribution in [2.24, 2.45) is 0 Å². The van der Waals surface area contributed by atoms with Crippen LogP contribution in [0.3, 0.4) is 0 Å². The molecule has 0 aliphatic rings. The summed E-state index contributed by atoms with van der Waals surface area (Å²) in [5.74, 6) is -0.754. The van der Waals surface area contributed by atoms with E-state index in [9.17, 15) is 18.0 Å². The van der Waals surface area contributed by atoms with Crippen LogP contribution in [0.15, 0.2) is 108 Å². The van der Waals surface area contributed by atoms with Crippen molar-refractivity contribution in [1.82, 2.24) is 10.2 Å². The Morgan fingerprint density at radius 1 is 0.800 bits per heavy atom. The standard InChI is InChI=1S/C37H43N3O4S/c1-6-29(4)38-37(42)35(24-31-17-9-7-10-18-31)39(25-32-19-13-15-27(2)23-32)36(41)26-40(34-22-14-16-28(3)30(34)5)45(43,44)33-20-11-8-12-21-33/h7-23,29,35H,6,24-26H2,1-5H3,(H,38,42)/t29-,35+/m1/s1. The normalized spacial score (nSPS) is 12.6. The van der Waals surface area contributed by atoms with E-state index in [1.54, 1.807) is 30.3 Å². The molecule has 0 saturated carbocycles. The minimum absolute atomic E-state index is 0.0827. The zero-order valence-corrected chi connectivity index (χ0v) is 27.6. The molecule has 0 bridgehead atoms. The SMILES string of the molecule is CC[C@@H](C)NC(=O)[C@H](Cc1ccccc1)N(Cc1cccc(C)c1)C(=O)CN(c1cccc(C)c1C)S(=O)(=O)c1ccccc1. The fourth-order valence-electron chi connectivity index (χ4n) is 5.24. The third kappa shape index (κ3) is 8.39. The van der Waals surface area contributed by atoms with Crippen molar-refractivity contribution in [2.45, 2.75) is 71.0 Å². The Kier molecular flexibility index (Phi) is 11.2. The second kappa shape index (κ2) is 15.0. The summed E-state index contributed by atoms with van der Waals surface area (Å²) in [5, 5.41) is 3.08. The quantitative estimate of drug-likeness (QED) is 0.187. The van der Waals surface area contributed by atoms with Gasteiger partial charge in [-0.25, -0.2) is 8.42 Å². The van der Waals surface area contributed by atoms with Crippen LogP contribution in [-0.2, 0) is 32.6 Å².